The van der Waals surface area contributed by atoms with Crippen molar-refractivity contribution in [1.29, 1.82) is 0 Å². The number of fused-ring (bicyclic) bond motifs is 1. The van der Waals surface area contributed by atoms with Gasteiger partial charge in [-0.1, -0.05) is 0 Å². The van der Waals surface area contributed by atoms with Gasteiger partial charge in [0.25, 0.3) is 11.6 Å². The average molecular weight is 360 g/mol. The number of rotatable bonds is 6. The third-order valence-electron chi connectivity index (χ3n) is 3.09. The van der Waals surface area contributed by atoms with E-state index in [1.54, 1.807) is 6.07 Å². The van der Waals surface area contributed by atoms with E-state index in [0.717, 1.165) is 11.2 Å². The summed E-state index contributed by atoms with van der Waals surface area (Å²) >= 11 is 1.26. The first-order chi connectivity index (χ1) is 10.4. The van der Waals surface area contributed by atoms with Crippen molar-refractivity contribution < 1.29 is 14.5 Å². The molecule has 1 heterocycles. The second-order valence-electron chi connectivity index (χ2n) is 4.96. The highest BCUT2D eigenvalue weighted by molar-refractivity contribution is 7.21. The highest BCUT2D eigenvalue weighted by atomic mass is 35.5. The molecule has 0 unspecified atom stereocenters. The molecule has 2 aromatic rings. The van der Waals surface area contributed by atoms with Crippen LogP contribution >= 0.6 is 23.7 Å². The van der Waals surface area contributed by atoms with E-state index < -0.39 is 4.92 Å². The zero-order valence-electron chi connectivity index (χ0n) is 13.0. The van der Waals surface area contributed by atoms with Gasteiger partial charge in [0, 0.05) is 35.3 Å². The van der Waals surface area contributed by atoms with Crippen LogP contribution in [0.1, 0.15) is 9.67 Å². The molecule has 0 aliphatic carbocycles. The largest absolute Gasteiger partial charge is 0.494 e. The average Bonchev–Trinajstić information content (AvgIpc) is 2.84. The summed E-state index contributed by atoms with van der Waals surface area (Å²) in [5.41, 5.74) is -0.0248. The fourth-order valence-electron chi connectivity index (χ4n) is 2.00. The second kappa shape index (κ2) is 8.09. The summed E-state index contributed by atoms with van der Waals surface area (Å²) in [6, 6.07) is 4.49. The number of nitrogens with zero attached hydrogens (tertiary/aromatic N) is 2. The molecule has 0 saturated heterocycles. The van der Waals surface area contributed by atoms with Gasteiger partial charge in [-0.05, 0) is 20.2 Å². The van der Waals surface area contributed by atoms with Crippen LogP contribution in [-0.2, 0) is 0 Å². The van der Waals surface area contributed by atoms with E-state index in [9.17, 15) is 14.9 Å². The van der Waals surface area contributed by atoms with Crippen molar-refractivity contribution in [1.82, 2.24) is 10.2 Å². The van der Waals surface area contributed by atoms with E-state index in [2.05, 4.69) is 5.32 Å². The van der Waals surface area contributed by atoms with Gasteiger partial charge in [-0.2, -0.15) is 0 Å². The van der Waals surface area contributed by atoms with E-state index in [1.807, 2.05) is 19.0 Å². The Bertz CT molecular complexity index is 717. The molecule has 126 valence electrons. The van der Waals surface area contributed by atoms with Gasteiger partial charge in [-0.15, -0.1) is 23.7 Å². The van der Waals surface area contributed by atoms with Crippen LogP contribution in [0.5, 0.6) is 5.75 Å². The Labute approximate surface area is 143 Å². The van der Waals surface area contributed by atoms with Gasteiger partial charge >= 0.3 is 0 Å². The Balaban J connectivity index is 0.00000264. The molecule has 0 bridgehead atoms. The normalized spacial score (nSPS) is 10.4. The second-order valence-corrected chi connectivity index (χ2v) is 6.01. The van der Waals surface area contributed by atoms with Crippen molar-refractivity contribution in [3.63, 3.8) is 0 Å². The Hall–Kier alpha value is -1.90. The van der Waals surface area contributed by atoms with Gasteiger partial charge in [0.2, 0.25) is 0 Å². The summed E-state index contributed by atoms with van der Waals surface area (Å²) in [5, 5.41) is 14.3. The maximum atomic E-state index is 12.3. The van der Waals surface area contributed by atoms with E-state index in [-0.39, 0.29) is 24.0 Å². The highest BCUT2D eigenvalue weighted by Crippen LogP contribution is 2.39. The van der Waals surface area contributed by atoms with Crippen molar-refractivity contribution in [2.75, 3.05) is 34.3 Å². The number of non-ortho nitro benzene ring substituents is 1. The first-order valence-electron chi connectivity index (χ1n) is 6.62. The predicted molar refractivity (Wildman–Crippen MR) is 93.2 cm³/mol. The fraction of sp³-hybridized carbons (Fsp3) is 0.357. The lowest BCUT2D eigenvalue weighted by atomic mass is 10.2. The molecule has 0 spiro atoms. The summed E-state index contributed by atoms with van der Waals surface area (Å²) < 4.78 is 6.08. The molecular formula is C14H18ClN3O4S. The van der Waals surface area contributed by atoms with E-state index in [1.165, 1.54) is 30.6 Å². The zero-order chi connectivity index (χ0) is 16.3. The summed E-state index contributed by atoms with van der Waals surface area (Å²) in [6.07, 6.45) is 0. The van der Waals surface area contributed by atoms with Crippen molar-refractivity contribution in [3.05, 3.63) is 33.2 Å². The third kappa shape index (κ3) is 4.31. The lowest BCUT2D eigenvalue weighted by Crippen LogP contribution is -2.31. The molecule has 23 heavy (non-hydrogen) atoms. The number of hydrogen-bond donors (Lipinski definition) is 1. The summed E-state index contributed by atoms with van der Waals surface area (Å²) in [5.74, 6) is 0.147. The van der Waals surface area contributed by atoms with E-state index in [4.69, 9.17) is 4.74 Å². The number of amides is 1. The Morgan fingerprint density at radius 1 is 1.43 bits per heavy atom. The van der Waals surface area contributed by atoms with Crippen LogP contribution in [0.2, 0.25) is 0 Å². The number of halogens is 1. The van der Waals surface area contributed by atoms with Crippen molar-refractivity contribution >= 4 is 45.4 Å². The van der Waals surface area contributed by atoms with Crippen molar-refractivity contribution in [2.24, 2.45) is 0 Å². The number of thiophene rings is 1. The van der Waals surface area contributed by atoms with E-state index >= 15 is 0 Å². The summed E-state index contributed by atoms with van der Waals surface area (Å²) in [6.45, 7) is 1.24. The maximum absolute atomic E-state index is 12.3. The standard InChI is InChI=1S/C14H17N3O4S.ClH/c1-16(2)7-6-15-14(18)13-12(21-3)10-8-9(17(19)20)4-5-11(10)22-13;/h4-5,8H,6-7H2,1-3H3,(H,15,18);1H. The monoisotopic (exact) mass is 359 g/mol. The zero-order valence-corrected chi connectivity index (χ0v) is 14.6. The number of nitro groups is 1. The highest BCUT2D eigenvalue weighted by Gasteiger charge is 2.21. The van der Waals surface area contributed by atoms with Gasteiger partial charge < -0.3 is 15.0 Å². The number of nitro benzene ring substituents is 1. The van der Waals surface area contributed by atoms with Crippen LogP contribution in [0.4, 0.5) is 5.69 Å². The molecule has 0 fully saturated rings. The Kier molecular flexibility index (Phi) is 6.74. The molecule has 0 radical (unpaired) electrons. The molecule has 0 aliphatic rings. The van der Waals surface area contributed by atoms with Gasteiger partial charge in [0.05, 0.1) is 12.0 Å². The van der Waals surface area contributed by atoms with Crippen LogP contribution in [0.25, 0.3) is 10.1 Å². The van der Waals surface area contributed by atoms with Crippen LogP contribution in [0, 0.1) is 10.1 Å². The van der Waals surface area contributed by atoms with Crippen LogP contribution in [0.3, 0.4) is 0 Å². The number of likely N-dealkylation sites (N-methyl/N-ethyl adjacent to an activating group) is 1. The predicted octanol–water partition coefficient (Wildman–Crippen LogP) is 2.53. The quantitative estimate of drug-likeness (QED) is 0.632. The Morgan fingerprint density at radius 3 is 2.70 bits per heavy atom. The summed E-state index contributed by atoms with van der Waals surface area (Å²) in [4.78, 5) is 25.1. The van der Waals surface area contributed by atoms with Gasteiger partial charge in [-0.25, -0.2) is 0 Å². The number of carbonyl (C=O) groups is 1. The van der Waals surface area contributed by atoms with Crippen molar-refractivity contribution in [2.45, 2.75) is 0 Å². The SMILES string of the molecule is COc1c(C(=O)NCCN(C)C)sc2ccc([N+](=O)[O-])cc12.Cl. The van der Waals surface area contributed by atoms with E-state index in [0.29, 0.717) is 22.6 Å². The lowest BCUT2D eigenvalue weighted by molar-refractivity contribution is -0.384. The van der Waals surface area contributed by atoms with Crippen LogP contribution < -0.4 is 10.1 Å². The molecule has 1 amide bonds. The lowest BCUT2D eigenvalue weighted by Gasteiger charge is -2.10. The molecule has 0 atom stereocenters. The topological polar surface area (TPSA) is 84.7 Å². The minimum absolute atomic E-state index is 0. The smallest absolute Gasteiger partial charge is 0.270 e. The number of methoxy groups -OCH3 is 1. The molecular weight excluding hydrogens is 342 g/mol. The third-order valence-corrected chi connectivity index (χ3v) is 4.24. The van der Waals surface area contributed by atoms with Crippen LogP contribution in [0.15, 0.2) is 18.2 Å². The van der Waals surface area contributed by atoms with Gasteiger partial charge in [-0.3, -0.25) is 14.9 Å². The first kappa shape index (κ1) is 19.1. The van der Waals surface area contributed by atoms with Crippen LogP contribution in [-0.4, -0.2) is 50.0 Å². The van der Waals surface area contributed by atoms with Gasteiger partial charge in [0.15, 0.2) is 5.75 Å². The summed E-state index contributed by atoms with van der Waals surface area (Å²) in [7, 11) is 5.30. The molecule has 1 N–H and O–H groups in total. The minimum atomic E-state index is -0.465. The number of benzene rings is 1. The maximum Gasteiger partial charge on any atom is 0.270 e. The van der Waals surface area contributed by atoms with Gasteiger partial charge in [0.1, 0.15) is 4.88 Å². The number of ether oxygens (including phenoxy) is 1. The number of carbonyl (C=O) groups excluding carboxylic acids is 1. The molecule has 1 aromatic heterocycles. The van der Waals surface area contributed by atoms with Crippen molar-refractivity contribution in [3.8, 4) is 5.75 Å². The Morgan fingerprint density at radius 2 is 2.13 bits per heavy atom. The molecule has 9 heteroatoms. The molecule has 2 rings (SSSR count). The molecule has 0 saturated carbocycles. The molecule has 1 aromatic carbocycles. The fourth-order valence-corrected chi connectivity index (χ4v) is 3.07. The molecule has 0 aliphatic heterocycles. The minimum Gasteiger partial charge on any atom is -0.494 e. The number of hydrogen-bond acceptors (Lipinski definition) is 6. The number of nitrogens with one attached hydrogen (secondary N) is 1. The first-order valence-corrected chi connectivity index (χ1v) is 7.43. The molecule has 7 nitrogen and oxygen atoms in total.